The van der Waals surface area contributed by atoms with E-state index in [1.807, 2.05) is 0 Å². The topological polar surface area (TPSA) is 30.5 Å². The summed E-state index contributed by atoms with van der Waals surface area (Å²) in [6.07, 6.45) is 2.08. The molecule has 1 aliphatic rings. The lowest BCUT2D eigenvalue weighted by Crippen LogP contribution is -2.22. The summed E-state index contributed by atoms with van der Waals surface area (Å²) in [5.74, 6) is 1.06. The highest BCUT2D eigenvalue weighted by molar-refractivity contribution is 5.51. The summed E-state index contributed by atoms with van der Waals surface area (Å²) < 4.78 is 6.07. The van der Waals surface area contributed by atoms with Crippen LogP contribution in [0.3, 0.4) is 0 Å². The molecule has 1 aromatic rings. The van der Waals surface area contributed by atoms with Gasteiger partial charge in [0.05, 0.1) is 19.8 Å². The molecule has 3 heteroatoms. The van der Waals surface area contributed by atoms with Crippen LogP contribution in [0.15, 0.2) is 12.1 Å². The quantitative estimate of drug-likeness (QED) is 0.826. The van der Waals surface area contributed by atoms with Gasteiger partial charge < -0.3 is 9.57 Å². The fraction of sp³-hybridized carbons (Fsp3) is 0.625. The van der Waals surface area contributed by atoms with E-state index in [9.17, 15) is 0 Å². The molecule has 19 heavy (non-hydrogen) atoms. The van der Waals surface area contributed by atoms with Gasteiger partial charge in [-0.15, -0.1) is 0 Å². The van der Waals surface area contributed by atoms with Crippen molar-refractivity contribution in [3.05, 3.63) is 28.8 Å². The summed E-state index contributed by atoms with van der Waals surface area (Å²) >= 11 is 0. The Balaban J connectivity index is 2.57. The molecule has 1 N–H and O–H groups in total. The molecule has 0 fully saturated rings. The minimum atomic E-state index is 0.0831. The molecule has 1 aliphatic heterocycles. The van der Waals surface area contributed by atoms with Crippen LogP contribution in [0.2, 0.25) is 0 Å². The number of fused-ring (bicyclic) bond motifs is 1. The molecule has 1 unspecified atom stereocenters. The van der Waals surface area contributed by atoms with Crippen molar-refractivity contribution in [3.8, 4) is 5.75 Å². The number of rotatable bonds is 2. The fourth-order valence-corrected chi connectivity index (χ4v) is 2.74. The molecule has 1 heterocycles. The maximum atomic E-state index is 6.07. The van der Waals surface area contributed by atoms with Gasteiger partial charge in [0.25, 0.3) is 0 Å². The Morgan fingerprint density at radius 2 is 2.05 bits per heavy atom. The predicted molar refractivity (Wildman–Crippen MR) is 77.5 cm³/mol. The van der Waals surface area contributed by atoms with E-state index in [-0.39, 0.29) is 11.5 Å². The average Bonchev–Trinajstić information content (AvgIpc) is 2.52. The van der Waals surface area contributed by atoms with E-state index < -0.39 is 0 Å². The molecule has 0 bridgehead atoms. The smallest absolute Gasteiger partial charge is 0.128 e. The number of nitrogens with one attached hydrogen (secondary N) is 1. The second-order valence-electron chi connectivity index (χ2n) is 6.29. The lowest BCUT2D eigenvalue weighted by atomic mass is 9.83. The van der Waals surface area contributed by atoms with E-state index >= 15 is 0 Å². The number of aryl methyl sites for hydroxylation is 1. The number of hydrogen-bond acceptors (Lipinski definition) is 3. The van der Waals surface area contributed by atoms with E-state index in [1.54, 1.807) is 7.11 Å². The standard InChI is InChI=1S/C16H25NO2/c1-11-8-9-12(16(2,3)4)15-14(11)13(17-18-5)7-6-10-19-15/h8-9,13,17H,6-7,10H2,1-5H3. The zero-order valence-corrected chi connectivity index (χ0v) is 12.7. The minimum absolute atomic E-state index is 0.0831. The van der Waals surface area contributed by atoms with Crippen LogP contribution in [0.1, 0.15) is 56.3 Å². The Morgan fingerprint density at radius 1 is 1.32 bits per heavy atom. The Kier molecular flexibility index (Phi) is 4.16. The van der Waals surface area contributed by atoms with Gasteiger partial charge in [0.1, 0.15) is 5.75 Å². The van der Waals surface area contributed by atoms with E-state index in [2.05, 4.69) is 45.3 Å². The van der Waals surface area contributed by atoms with Gasteiger partial charge in [-0.2, -0.15) is 5.48 Å². The summed E-state index contributed by atoms with van der Waals surface area (Å²) in [6.45, 7) is 9.60. The van der Waals surface area contributed by atoms with Gasteiger partial charge in [-0.1, -0.05) is 32.9 Å². The van der Waals surface area contributed by atoms with Gasteiger partial charge in [-0.25, -0.2) is 0 Å². The molecule has 0 saturated carbocycles. The van der Waals surface area contributed by atoms with E-state index in [1.165, 1.54) is 16.7 Å². The first-order valence-electron chi connectivity index (χ1n) is 7.00. The summed E-state index contributed by atoms with van der Waals surface area (Å²) in [5, 5.41) is 0. The lowest BCUT2D eigenvalue weighted by molar-refractivity contribution is 0.0577. The molecule has 3 nitrogen and oxygen atoms in total. The molecule has 0 amide bonds. The van der Waals surface area contributed by atoms with Crippen LogP contribution in [0.25, 0.3) is 0 Å². The van der Waals surface area contributed by atoms with Crippen molar-refractivity contribution < 1.29 is 9.57 Å². The van der Waals surface area contributed by atoms with Crippen molar-refractivity contribution in [3.63, 3.8) is 0 Å². The van der Waals surface area contributed by atoms with Crippen molar-refractivity contribution in [2.75, 3.05) is 13.7 Å². The van der Waals surface area contributed by atoms with Crippen LogP contribution >= 0.6 is 0 Å². The van der Waals surface area contributed by atoms with E-state index in [4.69, 9.17) is 9.57 Å². The third-order valence-electron chi connectivity index (χ3n) is 3.71. The monoisotopic (exact) mass is 263 g/mol. The molecular formula is C16H25NO2. The van der Waals surface area contributed by atoms with Crippen molar-refractivity contribution >= 4 is 0 Å². The molecule has 1 atom stereocenters. The van der Waals surface area contributed by atoms with Crippen LogP contribution in [-0.4, -0.2) is 13.7 Å². The first-order valence-corrected chi connectivity index (χ1v) is 7.00. The Labute approximate surface area is 116 Å². The summed E-state index contributed by atoms with van der Waals surface area (Å²) in [6, 6.07) is 4.60. The zero-order chi connectivity index (χ0) is 14.0. The van der Waals surface area contributed by atoms with Gasteiger partial charge in [0.2, 0.25) is 0 Å². The maximum absolute atomic E-state index is 6.07. The molecule has 0 spiro atoms. The van der Waals surface area contributed by atoms with Crippen LogP contribution in [0.5, 0.6) is 5.75 Å². The highest BCUT2D eigenvalue weighted by Crippen LogP contribution is 2.41. The minimum Gasteiger partial charge on any atom is -0.493 e. The van der Waals surface area contributed by atoms with Crippen LogP contribution in [0.4, 0.5) is 0 Å². The summed E-state index contributed by atoms with van der Waals surface area (Å²) in [7, 11) is 1.67. The zero-order valence-electron chi connectivity index (χ0n) is 12.7. The third-order valence-corrected chi connectivity index (χ3v) is 3.71. The predicted octanol–water partition coefficient (Wildman–Crippen LogP) is 3.66. The molecule has 0 radical (unpaired) electrons. The Hall–Kier alpha value is -1.06. The number of hydrogen-bond donors (Lipinski definition) is 1. The summed E-state index contributed by atoms with van der Waals surface area (Å²) in [4.78, 5) is 5.17. The van der Waals surface area contributed by atoms with Crippen molar-refractivity contribution in [1.29, 1.82) is 0 Å². The Bertz CT molecular complexity index is 449. The van der Waals surface area contributed by atoms with Gasteiger partial charge in [0.15, 0.2) is 0 Å². The second kappa shape index (κ2) is 5.51. The lowest BCUT2D eigenvalue weighted by Gasteiger charge is -2.27. The number of hydroxylamine groups is 1. The normalized spacial score (nSPS) is 19.5. The Morgan fingerprint density at radius 3 is 2.68 bits per heavy atom. The van der Waals surface area contributed by atoms with Crippen molar-refractivity contribution in [2.45, 2.75) is 52.0 Å². The second-order valence-corrected chi connectivity index (χ2v) is 6.29. The largest absolute Gasteiger partial charge is 0.493 e. The highest BCUT2D eigenvalue weighted by Gasteiger charge is 2.28. The molecule has 0 aliphatic carbocycles. The van der Waals surface area contributed by atoms with Gasteiger partial charge in [0, 0.05) is 5.56 Å². The highest BCUT2D eigenvalue weighted by atomic mass is 16.6. The van der Waals surface area contributed by atoms with Gasteiger partial charge in [-0.3, -0.25) is 0 Å². The summed E-state index contributed by atoms with van der Waals surface area (Å²) in [5.41, 5.74) is 7.00. The van der Waals surface area contributed by atoms with Gasteiger partial charge >= 0.3 is 0 Å². The van der Waals surface area contributed by atoms with E-state index in [0.717, 1.165) is 25.2 Å². The molecule has 2 rings (SSSR count). The van der Waals surface area contributed by atoms with Crippen LogP contribution < -0.4 is 10.2 Å². The van der Waals surface area contributed by atoms with Crippen molar-refractivity contribution in [2.24, 2.45) is 0 Å². The number of ether oxygens (including phenoxy) is 1. The van der Waals surface area contributed by atoms with Gasteiger partial charge in [-0.05, 0) is 36.3 Å². The first-order chi connectivity index (χ1) is 8.95. The van der Waals surface area contributed by atoms with Crippen LogP contribution in [-0.2, 0) is 10.3 Å². The fourth-order valence-electron chi connectivity index (χ4n) is 2.74. The third kappa shape index (κ3) is 2.93. The average molecular weight is 263 g/mol. The molecule has 1 aromatic carbocycles. The molecule has 106 valence electrons. The van der Waals surface area contributed by atoms with Crippen molar-refractivity contribution in [1.82, 2.24) is 5.48 Å². The molecular weight excluding hydrogens is 238 g/mol. The molecule has 0 aromatic heterocycles. The molecule has 0 saturated heterocycles. The van der Waals surface area contributed by atoms with Crippen LogP contribution in [0, 0.1) is 6.92 Å². The SMILES string of the molecule is CONC1CCCOc2c(C(C)(C)C)ccc(C)c21. The number of benzene rings is 1. The van der Waals surface area contributed by atoms with E-state index in [0.29, 0.717) is 0 Å². The first kappa shape index (κ1) is 14.4. The maximum Gasteiger partial charge on any atom is 0.128 e.